The zero-order valence-electron chi connectivity index (χ0n) is 9.54. The van der Waals surface area contributed by atoms with Crippen LogP contribution in [0.2, 0.25) is 0 Å². The first kappa shape index (κ1) is 12.7. The van der Waals surface area contributed by atoms with Gasteiger partial charge in [0.15, 0.2) is 0 Å². The van der Waals surface area contributed by atoms with Crippen LogP contribution in [0.25, 0.3) is 0 Å². The third-order valence-electron chi connectivity index (χ3n) is 2.54. The zero-order chi connectivity index (χ0) is 11.8. The van der Waals surface area contributed by atoms with Crippen molar-refractivity contribution in [3.05, 3.63) is 35.6 Å². The van der Waals surface area contributed by atoms with Gasteiger partial charge < -0.3 is 5.32 Å². The Morgan fingerprint density at radius 3 is 2.62 bits per heavy atom. The number of hydrogen-bond acceptors (Lipinski definition) is 2. The van der Waals surface area contributed by atoms with Gasteiger partial charge in [-0.15, -0.1) is 0 Å². The SMILES string of the molecule is C[C@@H](NCCCCC#N)c1ccc(F)cc1. The average Bonchev–Trinajstić information content (AvgIpc) is 2.29. The van der Waals surface area contributed by atoms with Crippen LogP contribution in [0.4, 0.5) is 4.39 Å². The molecule has 0 radical (unpaired) electrons. The van der Waals surface area contributed by atoms with Crippen LogP contribution in [0.15, 0.2) is 24.3 Å². The molecule has 0 unspecified atom stereocenters. The van der Waals surface area contributed by atoms with E-state index in [2.05, 4.69) is 18.3 Å². The Labute approximate surface area is 96.1 Å². The zero-order valence-corrected chi connectivity index (χ0v) is 9.54. The molecule has 0 spiro atoms. The summed E-state index contributed by atoms with van der Waals surface area (Å²) in [7, 11) is 0. The van der Waals surface area contributed by atoms with Crippen molar-refractivity contribution >= 4 is 0 Å². The first-order valence-corrected chi connectivity index (χ1v) is 5.60. The standard InChI is InChI=1S/C13H17FN2/c1-11(16-10-4-2-3-9-15)12-5-7-13(14)8-6-12/h5-8,11,16H,2-4,10H2,1H3/t11-/m1/s1. The molecule has 0 aliphatic heterocycles. The minimum Gasteiger partial charge on any atom is -0.310 e. The number of unbranched alkanes of at least 4 members (excludes halogenated alkanes) is 2. The summed E-state index contributed by atoms with van der Waals surface area (Å²) in [4.78, 5) is 0. The lowest BCUT2D eigenvalue weighted by molar-refractivity contribution is 0.547. The lowest BCUT2D eigenvalue weighted by atomic mass is 10.1. The minimum atomic E-state index is -0.204. The Bertz CT molecular complexity index is 340. The maximum absolute atomic E-state index is 12.7. The third-order valence-corrected chi connectivity index (χ3v) is 2.54. The summed E-state index contributed by atoms with van der Waals surface area (Å²) in [5, 5.41) is 11.7. The van der Waals surface area contributed by atoms with E-state index in [9.17, 15) is 4.39 Å². The van der Waals surface area contributed by atoms with Gasteiger partial charge in [-0.3, -0.25) is 0 Å². The van der Waals surface area contributed by atoms with Crippen LogP contribution in [0.3, 0.4) is 0 Å². The van der Waals surface area contributed by atoms with E-state index in [4.69, 9.17) is 5.26 Å². The van der Waals surface area contributed by atoms with E-state index in [0.717, 1.165) is 24.9 Å². The van der Waals surface area contributed by atoms with Gasteiger partial charge in [-0.25, -0.2) is 4.39 Å². The highest BCUT2D eigenvalue weighted by Crippen LogP contribution is 2.12. The van der Waals surface area contributed by atoms with Gasteiger partial charge in [0.1, 0.15) is 5.82 Å². The topological polar surface area (TPSA) is 35.8 Å². The van der Waals surface area contributed by atoms with Crippen molar-refractivity contribution in [1.82, 2.24) is 5.32 Å². The van der Waals surface area contributed by atoms with Crippen LogP contribution >= 0.6 is 0 Å². The van der Waals surface area contributed by atoms with Crippen LogP contribution < -0.4 is 5.32 Å². The lowest BCUT2D eigenvalue weighted by Gasteiger charge is -2.13. The molecule has 1 aromatic carbocycles. The van der Waals surface area contributed by atoms with Crippen LogP contribution in [0.1, 0.15) is 37.8 Å². The molecule has 1 aromatic rings. The summed E-state index contributed by atoms with van der Waals surface area (Å²) in [6.45, 7) is 2.94. The van der Waals surface area contributed by atoms with E-state index >= 15 is 0 Å². The first-order valence-electron chi connectivity index (χ1n) is 5.60. The maximum atomic E-state index is 12.7. The summed E-state index contributed by atoms with van der Waals surface area (Å²) >= 11 is 0. The fraction of sp³-hybridized carbons (Fsp3) is 0.462. The Kier molecular flexibility index (Phi) is 5.52. The second kappa shape index (κ2) is 6.97. The normalized spacial score (nSPS) is 12.1. The number of hydrogen-bond donors (Lipinski definition) is 1. The number of nitriles is 1. The maximum Gasteiger partial charge on any atom is 0.123 e. The highest BCUT2D eigenvalue weighted by Gasteiger charge is 2.03. The molecule has 1 N–H and O–H groups in total. The first-order chi connectivity index (χ1) is 7.74. The van der Waals surface area contributed by atoms with Gasteiger partial charge in [-0.1, -0.05) is 12.1 Å². The smallest absolute Gasteiger partial charge is 0.123 e. The van der Waals surface area contributed by atoms with E-state index in [1.165, 1.54) is 12.1 Å². The third kappa shape index (κ3) is 4.41. The average molecular weight is 220 g/mol. The molecule has 0 heterocycles. The molecule has 0 fully saturated rings. The highest BCUT2D eigenvalue weighted by molar-refractivity contribution is 5.19. The molecule has 1 rings (SSSR count). The van der Waals surface area contributed by atoms with Crippen molar-refractivity contribution in [2.75, 3.05) is 6.54 Å². The van der Waals surface area contributed by atoms with Crippen LogP contribution in [-0.2, 0) is 0 Å². The molecular weight excluding hydrogens is 203 g/mol. The largest absolute Gasteiger partial charge is 0.310 e. The van der Waals surface area contributed by atoms with Gasteiger partial charge in [0.05, 0.1) is 6.07 Å². The number of halogens is 1. The molecule has 2 nitrogen and oxygen atoms in total. The molecule has 0 aliphatic carbocycles. The summed E-state index contributed by atoms with van der Waals surface area (Å²) in [6, 6.07) is 8.89. The van der Waals surface area contributed by atoms with Gasteiger partial charge in [0.2, 0.25) is 0 Å². The summed E-state index contributed by atoms with van der Waals surface area (Å²) in [6.07, 6.45) is 2.55. The second-order valence-electron chi connectivity index (χ2n) is 3.84. The summed E-state index contributed by atoms with van der Waals surface area (Å²) in [5.41, 5.74) is 1.08. The monoisotopic (exact) mass is 220 g/mol. The minimum absolute atomic E-state index is 0.204. The van der Waals surface area contributed by atoms with Gasteiger partial charge in [0, 0.05) is 12.5 Å². The Hall–Kier alpha value is -1.40. The van der Waals surface area contributed by atoms with Crippen LogP contribution in [0, 0.1) is 17.1 Å². The fourth-order valence-corrected chi connectivity index (χ4v) is 1.52. The van der Waals surface area contributed by atoms with Crippen LogP contribution in [0.5, 0.6) is 0 Å². The Morgan fingerprint density at radius 1 is 1.31 bits per heavy atom. The number of benzene rings is 1. The highest BCUT2D eigenvalue weighted by atomic mass is 19.1. The van der Waals surface area contributed by atoms with Crippen molar-refractivity contribution in [3.8, 4) is 6.07 Å². The lowest BCUT2D eigenvalue weighted by Crippen LogP contribution is -2.19. The van der Waals surface area contributed by atoms with E-state index in [0.29, 0.717) is 6.42 Å². The van der Waals surface area contributed by atoms with Gasteiger partial charge in [-0.05, 0) is 44.0 Å². The predicted octanol–water partition coefficient (Wildman–Crippen LogP) is 3.17. The number of nitrogens with one attached hydrogen (secondary N) is 1. The van der Waals surface area contributed by atoms with Crippen molar-refractivity contribution in [2.24, 2.45) is 0 Å². The quantitative estimate of drug-likeness (QED) is 0.747. The molecule has 0 saturated carbocycles. The Balaban J connectivity index is 2.27. The number of nitrogens with zero attached hydrogens (tertiary/aromatic N) is 1. The molecular formula is C13H17FN2. The molecule has 1 atom stereocenters. The fourth-order valence-electron chi connectivity index (χ4n) is 1.52. The predicted molar refractivity (Wildman–Crippen MR) is 62.3 cm³/mol. The van der Waals surface area contributed by atoms with Gasteiger partial charge in [-0.2, -0.15) is 5.26 Å². The molecule has 0 saturated heterocycles. The molecule has 0 aromatic heterocycles. The molecule has 16 heavy (non-hydrogen) atoms. The van der Waals surface area contributed by atoms with E-state index in [-0.39, 0.29) is 11.9 Å². The second-order valence-corrected chi connectivity index (χ2v) is 3.84. The molecule has 0 amide bonds. The van der Waals surface area contributed by atoms with Crippen molar-refractivity contribution in [2.45, 2.75) is 32.2 Å². The van der Waals surface area contributed by atoms with Gasteiger partial charge in [0.25, 0.3) is 0 Å². The number of rotatable bonds is 6. The molecule has 3 heteroatoms. The van der Waals surface area contributed by atoms with Crippen LogP contribution in [-0.4, -0.2) is 6.54 Å². The Morgan fingerprint density at radius 2 is 2.00 bits per heavy atom. The summed E-state index contributed by atoms with van der Waals surface area (Å²) in [5.74, 6) is -0.204. The molecule has 0 bridgehead atoms. The van der Waals surface area contributed by atoms with Gasteiger partial charge >= 0.3 is 0 Å². The van der Waals surface area contributed by atoms with E-state index < -0.39 is 0 Å². The van der Waals surface area contributed by atoms with Crippen molar-refractivity contribution < 1.29 is 4.39 Å². The van der Waals surface area contributed by atoms with Crippen molar-refractivity contribution in [1.29, 1.82) is 5.26 Å². The summed E-state index contributed by atoms with van der Waals surface area (Å²) < 4.78 is 12.7. The molecule has 86 valence electrons. The van der Waals surface area contributed by atoms with Crippen molar-refractivity contribution in [3.63, 3.8) is 0 Å². The van der Waals surface area contributed by atoms with E-state index in [1.807, 2.05) is 0 Å². The van der Waals surface area contributed by atoms with E-state index in [1.54, 1.807) is 12.1 Å². The molecule has 0 aliphatic rings.